The molecular weight excluding hydrogens is 240 g/mol. The van der Waals surface area contributed by atoms with Gasteiger partial charge in [0.15, 0.2) is 0 Å². The number of anilines is 2. The van der Waals surface area contributed by atoms with Crippen LogP contribution in [-0.4, -0.2) is 24.2 Å². The molecule has 1 fully saturated rings. The summed E-state index contributed by atoms with van der Waals surface area (Å²) in [6, 6.07) is 5.24. The van der Waals surface area contributed by atoms with E-state index >= 15 is 0 Å². The molecule has 1 saturated heterocycles. The van der Waals surface area contributed by atoms with Crippen molar-refractivity contribution in [1.82, 2.24) is 0 Å². The van der Waals surface area contributed by atoms with Gasteiger partial charge in [0.1, 0.15) is 0 Å². The predicted octanol–water partition coefficient (Wildman–Crippen LogP) is 2.98. The van der Waals surface area contributed by atoms with Gasteiger partial charge >= 0.3 is 5.97 Å². The van der Waals surface area contributed by atoms with Gasteiger partial charge in [0.2, 0.25) is 0 Å². The average Bonchev–Trinajstić information content (AvgIpc) is 2.49. The number of carbonyl (C=O) groups is 1. The van der Waals surface area contributed by atoms with Crippen molar-refractivity contribution in [3.05, 3.63) is 23.8 Å². The smallest absolute Gasteiger partial charge is 0.337 e. The highest BCUT2D eigenvalue weighted by Crippen LogP contribution is 2.32. The Morgan fingerprint density at radius 2 is 2.05 bits per heavy atom. The van der Waals surface area contributed by atoms with E-state index in [-0.39, 0.29) is 5.56 Å². The van der Waals surface area contributed by atoms with Gasteiger partial charge in [-0.15, -0.1) is 0 Å². The number of nitrogens with zero attached hydrogens (tertiary/aromatic N) is 1. The molecule has 0 unspecified atom stereocenters. The molecule has 3 N–H and O–H groups in total. The Hall–Kier alpha value is -1.71. The first kappa shape index (κ1) is 13.7. The number of aromatic carboxylic acids is 1. The van der Waals surface area contributed by atoms with Crippen LogP contribution in [0.4, 0.5) is 11.4 Å². The molecule has 1 aromatic carbocycles. The number of hydrogen-bond acceptors (Lipinski definition) is 3. The summed E-state index contributed by atoms with van der Waals surface area (Å²) >= 11 is 0. The Balaban J connectivity index is 2.18. The molecule has 104 valence electrons. The fraction of sp³-hybridized carbons (Fsp3) is 0.533. The molecule has 0 aliphatic carbocycles. The normalized spacial score (nSPS) is 18.9. The molecule has 1 heterocycles. The molecule has 1 aromatic rings. The molecule has 0 bridgehead atoms. The zero-order valence-electron chi connectivity index (χ0n) is 11.6. The highest BCUT2D eigenvalue weighted by Gasteiger charge is 2.23. The van der Waals surface area contributed by atoms with Crippen molar-refractivity contribution < 1.29 is 9.90 Å². The largest absolute Gasteiger partial charge is 0.478 e. The molecular formula is C15H22N2O2. The zero-order valence-corrected chi connectivity index (χ0v) is 11.6. The van der Waals surface area contributed by atoms with Crippen molar-refractivity contribution in [3.63, 3.8) is 0 Å². The Kier molecular flexibility index (Phi) is 3.69. The van der Waals surface area contributed by atoms with Gasteiger partial charge in [-0.05, 0) is 42.9 Å². The van der Waals surface area contributed by atoms with Gasteiger partial charge in [0.25, 0.3) is 0 Å². The average molecular weight is 262 g/mol. The lowest BCUT2D eigenvalue weighted by Gasteiger charge is -2.25. The van der Waals surface area contributed by atoms with Crippen molar-refractivity contribution in [3.8, 4) is 0 Å². The van der Waals surface area contributed by atoms with Gasteiger partial charge in [-0.25, -0.2) is 4.79 Å². The maximum Gasteiger partial charge on any atom is 0.337 e. The van der Waals surface area contributed by atoms with E-state index in [1.165, 1.54) is 6.42 Å². The van der Waals surface area contributed by atoms with Gasteiger partial charge < -0.3 is 15.7 Å². The number of carboxylic acids is 1. The summed E-state index contributed by atoms with van der Waals surface area (Å²) in [5, 5.41) is 8.99. The van der Waals surface area contributed by atoms with Crippen molar-refractivity contribution in [1.29, 1.82) is 0 Å². The van der Waals surface area contributed by atoms with Crippen LogP contribution in [0.25, 0.3) is 0 Å². The number of carboxylic acid groups (broad SMARTS) is 1. The van der Waals surface area contributed by atoms with Gasteiger partial charge in [-0.1, -0.05) is 13.8 Å². The van der Waals surface area contributed by atoms with Gasteiger partial charge in [-0.3, -0.25) is 0 Å². The molecule has 1 aliphatic heterocycles. The highest BCUT2D eigenvalue weighted by molar-refractivity contribution is 5.94. The summed E-state index contributed by atoms with van der Waals surface area (Å²) in [4.78, 5) is 13.3. The molecule has 0 amide bonds. The Bertz CT molecular complexity index is 483. The molecule has 0 spiro atoms. The minimum atomic E-state index is -0.971. The first-order valence-electron chi connectivity index (χ1n) is 6.77. The van der Waals surface area contributed by atoms with E-state index in [9.17, 15) is 4.79 Å². The molecule has 19 heavy (non-hydrogen) atoms. The Morgan fingerprint density at radius 1 is 1.32 bits per heavy atom. The van der Waals surface area contributed by atoms with E-state index in [0.717, 1.165) is 31.6 Å². The van der Waals surface area contributed by atoms with Gasteiger partial charge in [0, 0.05) is 24.5 Å². The van der Waals surface area contributed by atoms with E-state index in [1.807, 2.05) is 6.07 Å². The summed E-state index contributed by atoms with van der Waals surface area (Å²) in [6.07, 6.45) is 3.54. The summed E-state index contributed by atoms with van der Waals surface area (Å²) < 4.78 is 0. The molecule has 4 heteroatoms. The van der Waals surface area contributed by atoms with Crippen LogP contribution in [-0.2, 0) is 0 Å². The number of benzene rings is 1. The summed E-state index contributed by atoms with van der Waals surface area (Å²) in [5.41, 5.74) is 7.75. The third-order valence-electron chi connectivity index (χ3n) is 3.97. The van der Waals surface area contributed by atoms with Crippen LogP contribution in [0.2, 0.25) is 0 Å². The van der Waals surface area contributed by atoms with Crippen molar-refractivity contribution in [2.75, 3.05) is 23.7 Å². The maximum absolute atomic E-state index is 11.0. The first-order valence-corrected chi connectivity index (χ1v) is 6.77. The maximum atomic E-state index is 11.0. The number of rotatable bonds is 2. The van der Waals surface area contributed by atoms with E-state index in [0.29, 0.717) is 11.1 Å². The van der Waals surface area contributed by atoms with Gasteiger partial charge in [0.05, 0.1) is 5.56 Å². The molecule has 0 saturated carbocycles. The van der Waals surface area contributed by atoms with Crippen LogP contribution in [0.1, 0.15) is 43.5 Å². The lowest BCUT2D eigenvalue weighted by atomic mass is 9.85. The summed E-state index contributed by atoms with van der Waals surface area (Å²) in [6.45, 7) is 6.62. The van der Waals surface area contributed by atoms with Crippen LogP contribution in [0, 0.1) is 5.41 Å². The molecule has 1 aliphatic rings. The second-order valence-corrected chi connectivity index (χ2v) is 6.08. The van der Waals surface area contributed by atoms with E-state index in [2.05, 4.69) is 18.7 Å². The van der Waals surface area contributed by atoms with Gasteiger partial charge in [-0.2, -0.15) is 0 Å². The molecule has 4 nitrogen and oxygen atoms in total. The molecule has 0 aromatic heterocycles. The van der Waals surface area contributed by atoms with Crippen LogP contribution >= 0.6 is 0 Å². The number of nitrogen functional groups attached to an aromatic ring is 1. The van der Waals surface area contributed by atoms with Crippen molar-refractivity contribution in [2.45, 2.75) is 33.1 Å². The first-order chi connectivity index (χ1) is 8.89. The monoisotopic (exact) mass is 262 g/mol. The SMILES string of the molecule is CC1(C)CCCN(c2ccc(C(=O)O)c(N)c2)CC1. The van der Waals surface area contributed by atoms with Crippen molar-refractivity contribution >= 4 is 17.3 Å². The van der Waals surface area contributed by atoms with E-state index < -0.39 is 5.97 Å². The van der Waals surface area contributed by atoms with Crippen molar-refractivity contribution in [2.24, 2.45) is 5.41 Å². The highest BCUT2D eigenvalue weighted by atomic mass is 16.4. The quantitative estimate of drug-likeness (QED) is 0.804. The van der Waals surface area contributed by atoms with Crippen LogP contribution < -0.4 is 10.6 Å². The zero-order chi connectivity index (χ0) is 14.0. The fourth-order valence-electron chi connectivity index (χ4n) is 2.62. The Labute approximate surface area is 114 Å². The number of nitrogens with two attached hydrogens (primary N) is 1. The molecule has 2 rings (SSSR count). The van der Waals surface area contributed by atoms with Crippen LogP contribution in [0.3, 0.4) is 0 Å². The van der Waals surface area contributed by atoms with E-state index in [1.54, 1.807) is 12.1 Å². The fourth-order valence-corrected chi connectivity index (χ4v) is 2.62. The summed E-state index contributed by atoms with van der Waals surface area (Å²) in [7, 11) is 0. The number of hydrogen-bond donors (Lipinski definition) is 2. The van der Waals surface area contributed by atoms with Crippen LogP contribution in [0.5, 0.6) is 0 Å². The molecule has 0 atom stereocenters. The standard InChI is InChI=1S/C15H22N2O2/c1-15(2)6-3-8-17(9-7-15)11-4-5-12(14(18)19)13(16)10-11/h4-5,10H,3,6-9,16H2,1-2H3,(H,18,19). The second-order valence-electron chi connectivity index (χ2n) is 6.08. The minimum Gasteiger partial charge on any atom is -0.478 e. The minimum absolute atomic E-state index is 0.180. The lowest BCUT2D eigenvalue weighted by molar-refractivity contribution is 0.0698. The van der Waals surface area contributed by atoms with Crippen LogP contribution in [0.15, 0.2) is 18.2 Å². The topological polar surface area (TPSA) is 66.6 Å². The lowest BCUT2D eigenvalue weighted by Crippen LogP contribution is -2.25. The van der Waals surface area contributed by atoms with E-state index in [4.69, 9.17) is 10.8 Å². The molecule has 0 radical (unpaired) electrons. The third kappa shape index (κ3) is 3.19. The third-order valence-corrected chi connectivity index (χ3v) is 3.97. The second kappa shape index (κ2) is 5.11. The summed E-state index contributed by atoms with van der Waals surface area (Å²) in [5.74, 6) is -0.971. The Morgan fingerprint density at radius 3 is 2.68 bits per heavy atom. The predicted molar refractivity (Wildman–Crippen MR) is 77.7 cm³/mol.